The van der Waals surface area contributed by atoms with Gasteiger partial charge in [-0.05, 0) is 45.1 Å². The predicted octanol–water partition coefficient (Wildman–Crippen LogP) is 4.38. The summed E-state index contributed by atoms with van der Waals surface area (Å²) >= 11 is 0.723. The lowest BCUT2D eigenvalue weighted by Crippen LogP contribution is -2.40. The minimum Gasteiger partial charge on any atom is -0.391 e. The monoisotopic (exact) mass is 547 g/mol. The maximum absolute atomic E-state index is 14.0. The maximum Gasteiger partial charge on any atom is 0.405 e. The van der Waals surface area contributed by atoms with Gasteiger partial charge in [-0.3, -0.25) is 9.59 Å². The molecule has 1 saturated carbocycles. The van der Waals surface area contributed by atoms with Crippen LogP contribution < -0.4 is 10.6 Å². The third-order valence-corrected chi connectivity index (χ3v) is 7.61. The van der Waals surface area contributed by atoms with Gasteiger partial charge in [0.1, 0.15) is 18.1 Å². The number of aliphatic hydroxyl groups excluding tert-OH is 1. The van der Waals surface area contributed by atoms with Gasteiger partial charge >= 0.3 is 6.18 Å². The summed E-state index contributed by atoms with van der Waals surface area (Å²) in [4.78, 5) is 35.9. The van der Waals surface area contributed by atoms with Gasteiger partial charge in [0.05, 0.1) is 17.0 Å². The number of thiazole rings is 1. The van der Waals surface area contributed by atoms with Crippen LogP contribution in [-0.2, 0) is 0 Å². The summed E-state index contributed by atoms with van der Waals surface area (Å²) < 4.78 is 65.8. The van der Waals surface area contributed by atoms with Gasteiger partial charge in [0.2, 0.25) is 0 Å². The average Bonchev–Trinajstić information content (AvgIpc) is 3.57. The van der Waals surface area contributed by atoms with E-state index in [0.717, 1.165) is 42.9 Å². The molecular formula is C23H26F5N5O3S. The van der Waals surface area contributed by atoms with E-state index in [2.05, 4.69) is 15.3 Å². The molecule has 0 aromatic carbocycles. The quantitative estimate of drug-likeness (QED) is 0.444. The minimum atomic E-state index is -4.58. The summed E-state index contributed by atoms with van der Waals surface area (Å²) in [6, 6.07) is 0.191. The molecule has 14 heteroatoms. The Labute approximate surface area is 213 Å². The van der Waals surface area contributed by atoms with Crippen LogP contribution in [0.3, 0.4) is 0 Å². The molecule has 8 nitrogen and oxygen atoms in total. The van der Waals surface area contributed by atoms with Crippen molar-refractivity contribution in [3.63, 3.8) is 0 Å². The number of nitrogens with one attached hydrogen (secondary N) is 2. The van der Waals surface area contributed by atoms with Crippen LogP contribution in [0.2, 0.25) is 0 Å². The van der Waals surface area contributed by atoms with E-state index in [1.54, 1.807) is 4.90 Å². The lowest BCUT2D eigenvalue weighted by atomic mass is 10.1. The van der Waals surface area contributed by atoms with Crippen LogP contribution in [0, 0.1) is 0 Å². The zero-order chi connectivity index (χ0) is 26.9. The molecule has 3 N–H and O–H groups in total. The van der Waals surface area contributed by atoms with Crippen LogP contribution in [0.5, 0.6) is 0 Å². The van der Waals surface area contributed by atoms with Crippen molar-refractivity contribution in [1.29, 1.82) is 0 Å². The summed E-state index contributed by atoms with van der Waals surface area (Å²) in [5.41, 5.74) is -1.04. The van der Waals surface area contributed by atoms with E-state index in [0.29, 0.717) is 19.4 Å². The summed E-state index contributed by atoms with van der Waals surface area (Å²) in [6.45, 7) is 0.822. The van der Waals surface area contributed by atoms with Crippen LogP contribution in [0.4, 0.5) is 27.8 Å². The minimum absolute atomic E-state index is 0.0219. The third-order valence-electron chi connectivity index (χ3n) is 6.52. The van der Waals surface area contributed by atoms with E-state index in [4.69, 9.17) is 0 Å². The van der Waals surface area contributed by atoms with Crippen LogP contribution >= 0.6 is 11.3 Å². The van der Waals surface area contributed by atoms with Gasteiger partial charge in [-0.1, -0.05) is 0 Å². The van der Waals surface area contributed by atoms with Crippen LogP contribution in [0.25, 0.3) is 10.4 Å². The Morgan fingerprint density at radius 3 is 2.59 bits per heavy atom. The number of hydrogen-bond donors (Lipinski definition) is 3. The second kappa shape index (κ2) is 10.9. The first-order valence-corrected chi connectivity index (χ1v) is 12.7. The van der Waals surface area contributed by atoms with Gasteiger partial charge in [-0.2, -0.15) is 13.2 Å². The SMILES string of the molecule is CC1CCCN1C(=O)c1nc(C(=O)NC2CCCC2O)sc1-c1cnc(NCC(F)(F)F)cc1C(F)F. The van der Waals surface area contributed by atoms with Crippen molar-refractivity contribution >= 4 is 29.0 Å². The molecule has 3 heterocycles. The second-order valence-corrected chi connectivity index (χ2v) is 10.2. The van der Waals surface area contributed by atoms with E-state index >= 15 is 0 Å². The van der Waals surface area contributed by atoms with Crippen molar-refractivity contribution in [3.05, 3.63) is 28.5 Å². The fourth-order valence-electron chi connectivity index (χ4n) is 4.58. The number of hydrogen-bond acceptors (Lipinski definition) is 7. The maximum atomic E-state index is 14.0. The highest BCUT2D eigenvalue weighted by Gasteiger charge is 2.34. The molecule has 0 bridgehead atoms. The normalized spacial score (nSPS) is 22.1. The Morgan fingerprint density at radius 2 is 2.00 bits per heavy atom. The number of carbonyl (C=O) groups excluding carboxylic acids is 2. The third kappa shape index (κ3) is 6.17. The standard InChI is InChI=1S/C23H26F5N5O3S/c1-11-4-3-7-33(11)22(36)17-18(37-21(32-17)20(35)31-14-5-2-6-15(14)34)13-9-29-16(8-12(13)19(24)25)30-10-23(26,27)28/h8-9,11,14-15,19,34H,2-7,10H2,1H3,(H,29,30)(H,31,35). The molecule has 0 spiro atoms. The van der Waals surface area contributed by atoms with Gasteiger partial charge in [0.15, 0.2) is 5.01 Å². The van der Waals surface area contributed by atoms with Crippen molar-refractivity contribution in [2.75, 3.05) is 18.4 Å². The number of carbonyl (C=O) groups is 2. The Morgan fingerprint density at radius 1 is 1.24 bits per heavy atom. The highest BCUT2D eigenvalue weighted by molar-refractivity contribution is 7.17. The van der Waals surface area contributed by atoms with Crippen molar-refractivity contribution in [1.82, 2.24) is 20.2 Å². The van der Waals surface area contributed by atoms with Gasteiger partial charge < -0.3 is 20.6 Å². The van der Waals surface area contributed by atoms with Crippen molar-refractivity contribution in [2.24, 2.45) is 0 Å². The summed E-state index contributed by atoms with van der Waals surface area (Å²) in [5, 5.41) is 14.5. The van der Waals surface area contributed by atoms with Gasteiger partial charge in [0, 0.05) is 29.9 Å². The highest BCUT2D eigenvalue weighted by Crippen LogP contribution is 2.39. The molecule has 1 saturated heterocycles. The molecule has 2 aromatic heterocycles. The summed E-state index contributed by atoms with van der Waals surface area (Å²) in [5.74, 6) is -1.59. The molecule has 3 atom stereocenters. The lowest BCUT2D eigenvalue weighted by molar-refractivity contribution is -0.115. The lowest BCUT2D eigenvalue weighted by Gasteiger charge is -2.21. The number of alkyl halides is 5. The Kier molecular flexibility index (Phi) is 7.97. The Hall–Kier alpha value is -2.87. The Bertz CT molecular complexity index is 1160. The smallest absolute Gasteiger partial charge is 0.391 e. The Balaban J connectivity index is 1.73. The van der Waals surface area contributed by atoms with Gasteiger partial charge in [0.25, 0.3) is 18.2 Å². The number of pyridine rings is 1. The fourth-order valence-corrected chi connectivity index (χ4v) is 5.58. The molecule has 1 aliphatic carbocycles. The van der Waals surface area contributed by atoms with Crippen molar-refractivity contribution in [3.8, 4) is 10.4 Å². The van der Waals surface area contributed by atoms with Gasteiger partial charge in [-0.25, -0.2) is 18.7 Å². The largest absolute Gasteiger partial charge is 0.405 e. The van der Waals surface area contributed by atoms with E-state index in [9.17, 15) is 36.6 Å². The van der Waals surface area contributed by atoms with Crippen LogP contribution in [0.1, 0.15) is 71.3 Å². The van der Waals surface area contributed by atoms with Crippen LogP contribution in [0.15, 0.2) is 12.3 Å². The number of aromatic nitrogens is 2. The molecular weight excluding hydrogens is 521 g/mol. The van der Waals surface area contributed by atoms with Gasteiger partial charge in [-0.15, -0.1) is 11.3 Å². The van der Waals surface area contributed by atoms with Crippen LogP contribution in [-0.4, -0.2) is 69.2 Å². The molecule has 2 amide bonds. The number of likely N-dealkylation sites (tertiary alicyclic amines) is 1. The fraction of sp³-hybridized carbons (Fsp3) is 0.565. The molecule has 0 radical (unpaired) electrons. The first-order chi connectivity index (χ1) is 17.4. The topological polar surface area (TPSA) is 107 Å². The molecule has 2 aliphatic rings. The molecule has 4 rings (SSSR count). The van der Waals surface area contributed by atoms with Crippen molar-refractivity contribution in [2.45, 2.75) is 69.8 Å². The second-order valence-electron chi connectivity index (χ2n) is 9.19. The zero-order valence-electron chi connectivity index (χ0n) is 19.8. The summed E-state index contributed by atoms with van der Waals surface area (Å²) in [6.07, 6.45) is -4.12. The predicted molar refractivity (Wildman–Crippen MR) is 126 cm³/mol. The number of anilines is 1. The van der Waals surface area contributed by atoms with E-state index in [-0.39, 0.29) is 27.2 Å². The highest BCUT2D eigenvalue weighted by atomic mass is 32.1. The summed E-state index contributed by atoms with van der Waals surface area (Å²) in [7, 11) is 0. The molecule has 3 unspecified atom stereocenters. The number of nitrogens with zero attached hydrogens (tertiary/aromatic N) is 3. The molecule has 2 aromatic rings. The molecule has 1 aliphatic heterocycles. The number of rotatable bonds is 7. The first-order valence-electron chi connectivity index (χ1n) is 11.8. The van der Waals surface area contributed by atoms with Crippen molar-refractivity contribution < 1.29 is 36.6 Å². The van der Waals surface area contributed by atoms with E-state index in [1.165, 1.54) is 0 Å². The molecule has 2 fully saturated rings. The zero-order valence-corrected chi connectivity index (χ0v) is 20.6. The van der Waals surface area contributed by atoms with E-state index < -0.39 is 54.5 Å². The average molecular weight is 548 g/mol. The van der Waals surface area contributed by atoms with E-state index in [1.807, 2.05) is 12.2 Å². The number of amides is 2. The molecule has 37 heavy (non-hydrogen) atoms. The molecule has 202 valence electrons. The first kappa shape index (κ1) is 27.2. The number of halogens is 5. The number of aliphatic hydroxyl groups is 1.